The minimum absolute atomic E-state index is 0.164. The van der Waals surface area contributed by atoms with Gasteiger partial charge in [-0.25, -0.2) is 0 Å². The Hall–Kier alpha value is -0.900. The van der Waals surface area contributed by atoms with Crippen molar-refractivity contribution in [3.8, 4) is 0 Å². The number of hydrogen-bond acceptors (Lipinski definition) is 3. The van der Waals surface area contributed by atoms with Crippen LogP contribution >= 0.6 is 0 Å². The van der Waals surface area contributed by atoms with Crippen LogP contribution in [0.15, 0.2) is 30.3 Å². The van der Waals surface area contributed by atoms with Crippen molar-refractivity contribution in [2.24, 2.45) is 5.92 Å². The summed E-state index contributed by atoms with van der Waals surface area (Å²) in [5.74, 6) is 0.872. The van der Waals surface area contributed by atoms with E-state index >= 15 is 0 Å². The molecule has 0 bridgehead atoms. The van der Waals surface area contributed by atoms with Gasteiger partial charge in [-0.2, -0.15) is 0 Å². The van der Waals surface area contributed by atoms with Crippen LogP contribution in [0.5, 0.6) is 0 Å². The fourth-order valence-corrected chi connectivity index (χ4v) is 3.88. The maximum Gasteiger partial charge on any atom is 0.0682 e. The van der Waals surface area contributed by atoms with E-state index in [1.807, 2.05) is 0 Å². The predicted octanol–water partition coefficient (Wildman–Crippen LogP) is 2.40. The maximum atomic E-state index is 10.0. The number of aliphatic hydroxyl groups excluding tert-OH is 1. The van der Waals surface area contributed by atoms with Gasteiger partial charge in [-0.15, -0.1) is 0 Å². The lowest BCUT2D eigenvalue weighted by Gasteiger charge is -2.26. The van der Waals surface area contributed by atoms with Crippen molar-refractivity contribution in [3.05, 3.63) is 35.9 Å². The molecule has 116 valence electrons. The number of aliphatic hydroxyl groups is 1. The number of benzene rings is 1. The Bertz CT molecular complexity index is 436. The Morgan fingerprint density at radius 1 is 1.19 bits per heavy atom. The first-order chi connectivity index (χ1) is 10.2. The SMILES string of the molecule is CC1CCC(NCC2CC(O)CN2Cc2ccccc2)C1. The quantitative estimate of drug-likeness (QED) is 0.873. The average molecular weight is 288 g/mol. The summed E-state index contributed by atoms with van der Waals surface area (Å²) in [4.78, 5) is 2.44. The standard InChI is InChI=1S/C18H28N2O/c1-14-7-8-16(9-14)19-11-17-10-18(21)13-20(17)12-15-5-3-2-4-6-15/h2-6,14,16-19,21H,7-13H2,1H3. The van der Waals surface area contributed by atoms with Gasteiger partial charge in [0.05, 0.1) is 6.10 Å². The van der Waals surface area contributed by atoms with Crippen LogP contribution in [-0.2, 0) is 6.54 Å². The molecule has 3 heteroatoms. The normalized spacial score (nSPS) is 33.6. The topological polar surface area (TPSA) is 35.5 Å². The molecular formula is C18H28N2O. The summed E-state index contributed by atoms with van der Waals surface area (Å²) in [6.07, 6.45) is 4.73. The zero-order valence-electron chi connectivity index (χ0n) is 13.0. The van der Waals surface area contributed by atoms with Gasteiger partial charge in [-0.05, 0) is 37.2 Å². The Labute approximate surface area is 128 Å². The van der Waals surface area contributed by atoms with E-state index in [0.717, 1.165) is 32.0 Å². The highest BCUT2D eigenvalue weighted by atomic mass is 16.3. The van der Waals surface area contributed by atoms with E-state index in [2.05, 4.69) is 47.5 Å². The van der Waals surface area contributed by atoms with Crippen LogP contribution in [0.1, 0.15) is 38.2 Å². The summed E-state index contributed by atoms with van der Waals surface area (Å²) in [6, 6.07) is 11.8. The molecule has 1 saturated heterocycles. The number of nitrogens with one attached hydrogen (secondary N) is 1. The van der Waals surface area contributed by atoms with Crippen LogP contribution in [0, 0.1) is 5.92 Å². The third kappa shape index (κ3) is 4.06. The van der Waals surface area contributed by atoms with E-state index in [1.54, 1.807) is 0 Å². The van der Waals surface area contributed by atoms with Gasteiger partial charge in [0.2, 0.25) is 0 Å². The fraction of sp³-hybridized carbons (Fsp3) is 0.667. The molecule has 0 aromatic heterocycles. The molecule has 4 unspecified atom stereocenters. The zero-order valence-corrected chi connectivity index (χ0v) is 13.0. The molecule has 1 aliphatic heterocycles. The van der Waals surface area contributed by atoms with E-state index in [-0.39, 0.29) is 6.10 Å². The summed E-state index contributed by atoms with van der Waals surface area (Å²) in [5, 5.41) is 13.8. The van der Waals surface area contributed by atoms with Crippen molar-refractivity contribution >= 4 is 0 Å². The summed E-state index contributed by atoms with van der Waals surface area (Å²) in [6.45, 7) is 5.12. The highest BCUT2D eigenvalue weighted by molar-refractivity contribution is 5.15. The van der Waals surface area contributed by atoms with Crippen molar-refractivity contribution in [1.29, 1.82) is 0 Å². The van der Waals surface area contributed by atoms with E-state index in [0.29, 0.717) is 12.1 Å². The predicted molar refractivity (Wildman–Crippen MR) is 86.1 cm³/mol. The second kappa shape index (κ2) is 6.91. The second-order valence-electron chi connectivity index (χ2n) is 6.98. The Kier molecular flexibility index (Phi) is 4.94. The van der Waals surface area contributed by atoms with Crippen molar-refractivity contribution in [3.63, 3.8) is 0 Å². The third-order valence-corrected chi connectivity index (χ3v) is 5.07. The third-order valence-electron chi connectivity index (χ3n) is 5.07. The number of rotatable bonds is 5. The van der Waals surface area contributed by atoms with Crippen LogP contribution in [0.3, 0.4) is 0 Å². The van der Waals surface area contributed by atoms with Crippen molar-refractivity contribution in [2.45, 2.75) is 57.3 Å². The maximum absolute atomic E-state index is 10.0. The van der Waals surface area contributed by atoms with Crippen molar-refractivity contribution in [2.75, 3.05) is 13.1 Å². The summed E-state index contributed by atoms with van der Waals surface area (Å²) in [7, 11) is 0. The van der Waals surface area contributed by atoms with Crippen LogP contribution in [0.25, 0.3) is 0 Å². The van der Waals surface area contributed by atoms with Crippen molar-refractivity contribution < 1.29 is 5.11 Å². The molecule has 2 fully saturated rings. The van der Waals surface area contributed by atoms with E-state index < -0.39 is 0 Å². The Morgan fingerprint density at radius 2 is 2.00 bits per heavy atom. The molecule has 0 amide bonds. The number of likely N-dealkylation sites (tertiary alicyclic amines) is 1. The van der Waals surface area contributed by atoms with E-state index in [4.69, 9.17) is 0 Å². The lowest BCUT2D eigenvalue weighted by Crippen LogP contribution is -2.40. The molecule has 0 spiro atoms. The minimum Gasteiger partial charge on any atom is -0.392 e. The van der Waals surface area contributed by atoms with Gasteiger partial charge in [0, 0.05) is 31.7 Å². The molecule has 4 atom stereocenters. The number of hydrogen-bond donors (Lipinski definition) is 2. The lowest BCUT2D eigenvalue weighted by atomic mass is 10.1. The highest BCUT2D eigenvalue weighted by Crippen LogP contribution is 2.25. The average Bonchev–Trinajstić information content (AvgIpc) is 3.04. The summed E-state index contributed by atoms with van der Waals surface area (Å²) >= 11 is 0. The first-order valence-electron chi connectivity index (χ1n) is 8.40. The Morgan fingerprint density at radius 3 is 2.71 bits per heavy atom. The van der Waals surface area contributed by atoms with Gasteiger partial charge in [0.25, 0.3) is 0 Å². The largest absolute Gasteiger partial charge is 0.392 e. The minimum atomic E-state index is -0.164. The molecule has 1 aromatic rings. The van der Waals surface area contributed by atoms with Crippen LogP contribution < -0.4 is 5.32 Å². The smallest absolute Gasteiger partial charge is 0.0682 e. The highest BCUT2D eigenvalue weighted by Gasteiger charge is 2.31. The molecule has 1 saturated carbocycles. The number of nitrogens with zero attached hydrogens (tertiary/aromatic N) is 1. The summed E-state index contributed by atoms with van der Waals surface area (Å²) in [5.41, 5.74) is 1.34. The summed E-state index contributed by atoms with van der Waals surface area (Å²) < 4.78 is 0. The molecule has 0 radical (unpaired) electrons. The molecule has 2 aliphatic rings. The number of β-amino-alcohol motifs (C(OH)–C–C–N with tert-alkyl or cyclic N) is 1. The van der Waals surface area contributed by atoms with Crippen LogP contribution in [0.4, 0.5) is 0 Å². The van der Waals surface area contributed by atoms with E-state index in [9.17, 15) is 5.11 Å². The van der Waals surface area contributed by atoms with E-state index in [1.165, 1.54) is 24.8 Å². The van der Waals surface area contributed by atoms with Gasteiger partial charge in [-0.3, -0.25) is 4.90 Å². The molecule has 2 N–H and O–H groups in total. The zero-order chi connectivity index (χ0) is 14.7. The van der Waals surface area contributed by atoms with Gasteiger partial charge < -0.3 is 10.4 Å². The van der Waals surface area contributed by atoms with Gasteiger partial charge in [0.1, 0.15) is 0 Å². The van der Waals surface area contributed by atoms with Crippen LogP contribution in [0.2, 0.25) is 0 Å². The van der Waals surface area contributed by atoms with Crippen molar-refractivity contribution in [1.82, 2.24) is 10.2 Å². The molecule has 21 heavy (non-hydrogen) atoms. The molecule has 3 rings (SSSR count). The van der Waals surface area contributed by atoms with Gasteiger partial charge >= 0.3 is 0 Å². The first-order valence-corrected chi connectivity index (χ1v) is 8.40. The monoisotopic (exact) mass is 288 g/mol. The van der Waals surface area contributed by atoms with Gasteiger partial charge in [-0.1, -0.05) is 37.3 Å². The second-order valence-corrected chi connectivity index (χ2v) is 6.98. The molecule has 1 heterocycles. The van der Waals surface area contributed by atoms with Crippen LogP contribution in [-0.4, -0.2) is 41.3 Å². The molecule has 1 aliphatic carbocycles. The molecule has 3 nitrogen and oxygen atoms in total. The van der Waals surface area contributed by atoms with Gasteiger partial charge in [0.15, 0.2) is 0 Å². The molecule has 1 aromatic carbocycles. The molecular weight excluding hydrogens is 260 g/mol. The fourth-order valence-electron chi connectivity index (χ4n) is 3.88. The lowest BCUT2D eigenvalue weighted by molar-refractivity contribution is 0.172. The first kappa shape index (κ1) is 15.0. The Balaban J connectivity index is 1.52.